The molecule has 0 aliphatic carbocycles. The highest BCUT2D eigenvalue weighted by molar-refractivity contribution is 8.00. The number of rotatable bonds is 7. The molecule has 0 aliphatic rings. The lowest BCUT2D eigenvalue weighted by Crippen LogP contribution is -2.33. The molecule has 1 amide bonds. The quantitative estimate of drug-likeness (QED) is 0.310. The third-order valence-electron chi connectivity index (χ3n) is 4.93. The molecule has 0 unspecified atom stereocenters. The van der Waals surface area contributed by atoms with Crippen molar-refractivity contribution >= 4 is 34.4 Å². The molecule has 0 radical (unpaired) electrons. The first kappa shape index (κ1) is 21.5. The van der Waals surface area contributed by atoms with Gasteiger partial charge in [0.05, 0.1) is 35.5 Å². The molecule has 2 aromatic carbocycles. The average Bonchev–Trinajstić information content (AvgIpc) is 3.23. The standard InChI is InChI=1S/C24H22N6OS/c1-17-11-18(2)13-20(12-17)29(10-6-9-25)22(31)15-32-24-21-14-28-30(23(21)26-16-27-24)19-7-4-3-5-8-19/h3-5,7-8,11-14,16H,6,10,15H2,1-2H3. The van der Waals surface area contributed by atoms with Crippen molar-refractivity contribution in [1.82, 2.24) is 19.7 Å². The fraction of sp³-hybridized carbons (Fsp3) is 0.208. The molecule has 4 aromatic rings. The molecular weight excluding hydrogens is 420 g/mol. The smallest absolute Gasteiger partial charge is 0.237 e. The number of hydrogen-bond acceptors (Lipinski definition) is 6. The van der Waals surface area contributed by atoms with Gasteiger partial charge in [0, 0.05) is 12.2 Å². The number of carbonyl (C=O) groups is 1. The van der Waals surface area contributed by atoms with Gasteiger partial charge < -0.3 is 4.90 Å². The molecule has 0 aliphatic heterocycles. The molecule has 0 spiro atoms. The lowest BCUT2D eigenvalue weighted by atomic mass is 10.1. The van der Waals surface area contributed by atoms with Crippen LogP contribution in [0.4, 0.5) is 5.69 Å². The monoisotopic (exact) mass is 442 g/mol. The average molecular weight is 443 g/mol. The molecule has 4 rings (SSSR count). The van der Waals surface area contributed by atoms with E-state index in [9.17, 15) is 4.79 Å². The molecule has 8 heteroatoms. The maximum atomic E-state index is 13.1. The first-order chi connectivity index (χ1) is 15.6. The molecular formula is C24H22N6OS. The predicted octanol–water partition coefficient (Wildman–Crippen LogP) is 4.47. The molecule has 0 saturated heterocycles. The maximum absolute atomic E-state index is 13.1. The van der Waals surface area contributed by atoms with E-state index in [1.807, 2.05) is 56.3 Å². The van der Waals surface area contributed by atoms with Gasteiger partial charge in [0.15, 0.2) is 5.65 Å². The van der Waals surface area contributed by atoms with E-state index in [2.05, 4.69) is 27.2 Å². The van der Waals surface area contributed by atoms with Crippen LogP contribution in [0.25, 0.3) is 16.7 Å². The van der Waals surface area contributed by atoms with Crippen LogP contribution in [-0.4, -0.2) is 38.0 Å². The summed E-state index contributed by atoms with van der Waals surface area (Å²) in [5.41, 5.74) is 4.57. The Bertz CT molecular complexity index is 1270. The van der Waals surface area contributed by atoms with Gasteiger partial charge in [0.25, 0.3) is 0 Å². The second kappa shape index (κ2) is 9.62. The van der Waals surface area contributed by atoms with Crippen LogP contribution in [0.1, 0.15) is 17.5 Å². The highest BCUT2D eigenvalue weighted by atomic mass is 32.2. The fourth-order valence-electron chi connectivity index (χ4n) is 3.57. The number of aromatic nitrogens is 4. The summed E-state index contributed by atoms with van der Waals surface area (Å²) in [6.45, 7) is 4.35. The Kier molecular flexibility index (Phi) is 6.47. The summed E-state index contributed by atoms with van der Waals surface area (Å²) in [5, 5.41) is 15.0. The van der Waals surface area contributed by atoms with E-state index in [1.54, 1.807) is 15.8 Å². The Hall–Kier alpha value is -3.70. The molecule has 2 heterocycles. The van der Waals surface area contributed by atoms with Gasteiger partial charge in [0.1, 0.15) is 11.4 Å². The van der Waals surface area contributed by atoms with Crippen LogP contribution >= 0.6 is 11.8 Å². The largest absolute Gasteiger partial charge is 0.311 e. The number of amides is 1. The molecule has 160 valence electrons. The lowest BCUT2D eigenvalue weighted by Gasteiger charge is -2.22. The zero-order valence-corrected chi connectivity index (χ0v) is 18.7. The minimum absolute atomic E-state index is 0.0718. The molecule has 0 fully saturated rings. The molecule has 0 N–H and O–H groups in total. The van der Waals surface area contributed by atoms with Crippen molar-refractivity contribution in [2.75, 3.05) is 17.2 Å². The third-order valence-corrected chi connectivity index (χ3v) is 5.92. The second-order valence-corrected chi connectivity index (χ2v) is 8.36. The van der Waals surface area contributed by atoms with Crippen LogP contribution in [0.2, 0.25) is 0 Å². The fourth-order valence-corrected chi connectivity index (χ4v) is 4.41. The number of nitrogens with zero attached hydrogens (tertiary/aromatic N) is 6. The van der Waals surface area contributed by atoms with Crippen LogP contribution in [-0.2, 0) is 4.79 Å². The number of hydrogen-bond donors (Lipinski definition) is 0. The topological polar surface area (TPSA) is 87.7 Å². The summed E-state index contributed by atoms with van der Waals surface area (Å²) in [6, 6.07) is 17.9. The normalized spacial score (nSPS) is 10.8. The van der Waals surface area contributed by atoms with Gasteiger partial charge in [-0.25, -0.2) is 14.6 Å². The SMILES string of the molecule is Cc1cc(C)cc(N(CCC#N)C(=O)CSc2ncnc3c2cnn3-c2ccccc2)c1. The van der Waals surface area contributed by atoms with Crippen molar-refractivity contribution in [2.24, 2.45) is 0 Å². The Morgan fingerprint density at radius 2 is 1.88 bits per heavy atom. The van der Waals surface area contributed by atoms with Gasteiger partial charge in [-0.3, -0.25) is 4.79 Å². The van der Waals surface area contributed by atoms with E-state index in [4.69, 9.17) is 5.26 Å². The van der Waals surface area contributed by atoms with E-state index in [1.165, 1.54) is 18.1 Å². The summed E-state index contributed by atoms with van der Waals surface area (Å²) in [4.78, 5) is 23.6. The van der Waals surface area contributed by atoms with E-state index < -0.39 is 0 Å². The highest BCUT2D eigenvalue weighted by Gasteiger charge is 2.18. The van der Waals surface area contributed by atoms with Crippen LogP contribution in [0.5, 0.6) is 0 Å². The van der Waals surface area contributed by atoms with Crippen molar-refractivity contribution in [2.45, 2.75) is 25.3 Å². The number of thioether (sulfide) groups is 1. The summed E-state index contributed by atoms with van der Waals surface area (Å²) in [6.07, 6.45) is 3.49. The minimum atomic E-state index is -0.0718. The number of carbonyl (C=O) groups excluding carboxylic acids is 1. The molecule has 2 aromatic heterocycles. The molecule has 32 heavy (non-hydrogen) atoms. The third kappa shape index (κ3) is 4.63. The Balaban J connectivity index is 1.57. The Labute approximate surface area is 190 Å². The van der Waals surface area contributed by atoms with Crippen LogP contribution in [0.3, 0.4) is 0 Å². The lowest BCUT2D eigenvalue weighted by molar-refractivity contribution is -0.116. The number of benzene rings is 2. The van der Waals surface area contributed by atoms with Gasteiger partial charge in [-0.05, 0) is 49.2 Å². The van der Waals surface area contributed by atoms with Crippen molar-refractivity contribution in [1.29, 1.82) is 5.26 Å². The van der Waals surface area contributed by atoms with Crippen molar-refractivity contribution in [3.63, 3.8) is 0 Å². The number of fused-ring (bicyclic) bond motifs is 1. The minimum Gasteiger partial charge on any atom is -0.311 e. The predicted molar refractivity (Wildman–Crippen MR) is 126 cm³/mol. The van der Waals surface area contributed by atoms with Crippen molar-refractivity contribution in [3.8, 4) is 11.8 Å². The van der Waals surface area contributed by atoms with Gasteiger partial charge in [-0.15, -0.1) is 0 Å². The van der Waals surface area contributed by atoms with E-state index >= 15 is 0 Å². The molecule has 0 atom stereocenters. The van der Waals surface area contributed by atoms with Gasteiger partial charge in [-0.2, -0.15) is 10.4 Å². The van der Waals surface area contributed by atoms with E-state index in [0.29, 0.717) is 17.2 Å². The molecule has 7 nitrogen and oxygen atoms in total. The van der Waals surface area contributed by atoms with E-state index in [-0.39, 0.29) is 18.1 Å². The Morgan fingerprint density at radius 3 is 2.59 bits per heavy atom. The van der Waals surface area contributed by atoms with Crippen molar-refractivity contribution in [3.05, 3.63) is 72.2 Å². The van der Waals surface area contributed by atoms with Crippen LogP contribution in [0.15, 0.2) is 66.1 Å². The highest BCUT2D eigenvalue weighted by Crippen LogP contribution is 2.27. The molecule has 0 saturated carbocycles. The Morgan fingerprint density at radius 1 is 1.12 bits per heavy atom. The van der Waals surface area contributed by atoms with Crippen LogP contribution < -0.4 is 4.90 Å². The molecule has 0 bridgehead atoms. The number of aryl methyl sites for hydroxylation is 2. The first-order valence-electron chi connectivity index (χ1n) is 10.2. The number of nitriles is 1. The number of anilines is 1. The summed E-state index contributed by atoms with van der Waals surface area (Å²) < 4.78 is 1.76. The summed E-state index contributed by atoms with van der Waals surface area (Å²) >= 11 is 1.35. The van der Waals surface area contributed by atoms with E-state index in [0.717, 1.165) is 27.9 Å². The maximum Gasteiger partial charge on any atom is 0.237 e. The second-order valence-electron chi connectivity index (χ2n) is 7.40. The van der Waals surface area contributed by atoms with Gasteiger partial charge >= 0.3 is 0 Å². The van der Waals surface area contributed by atoms with Crippen molar-refractivity contribution < 1.29 is 4.79 Å². The number of para-hydroxylation sites is 1. The van der Waals surface area contributed by atoms with Gasteiger partial charge in [-0.1, -0.05) is 36.0 Å². The zero-order chi connectivity index (χ0) is 22.5. The first-order valence-corrected chi connectivity index (χ1v) is 11.2. The van der Waals surface area contributed by atoms with Gasteiger partial charge in [0.2, 0.25) is 5.91 Å². The van der Waals surface area contributed by atoms with Crippen LogP contribution in [0, 0.1) is 25.2 Å². The summed E-state index contributed by atoms with van der Waals surface area (Å²) in [7, 11) is 0. The summed E-state index contributed by atoms with van der Waals surface area (Å²) in [5.74, 6) is 0.124. The zero-order valence-electron chi connectivity index (χ0n) is 17.9.